The van der Waals surface area contributed by atoms with Gasteiger partial charge in [-0.05, 0) is 57.4 Å². The maximum Gasteiger partial charge on any atom is 0.334 e. The van der Waals surface area contributed by atoms with E-state index in [1.54, 1.807) is 0 Å². The van der Waals surface area contributed by atoms with E-state index in [1.807, 2.05) is 6.92 Å². The minimum atomic E-state index is -0.547. The van der Waals surface area contributed by atoms with Crippen molar-refractivity contribution >= 4 is 11.8 Å². The van der Waals surface area contributed by atoms with Crippen LogP contribution in [0.25, 0.3) is 0 Å². The summed E-state index contributed by atoms with van der Waals surface area (Å²) in [5.74, 6) is -0.0509. The lowest BCUT2D eigenvalue weighted by Gasteiger charge is -2.22. The van der Waals surface area contributed by atoms with E-state index in [0.717, 1.165) is 63.4 Å². The smallest absolute Gasteiger partial charge is 0.334 e. The molecule has 0 spiro atoms. The van der Waals surface area contributed by atoms with Gasteiger partial charge in [0.05, 0.1) is 30.5 Å². The normalized spacial score (nSPS) is 21.1. The Labute approximate surface area is 255 Å². The highest BCUT2D eigenvalue weighted by Gasteiger charge is 2.34. The Hall–Kier alpha value is -1.28. The summed E-state index contributed by atoms with van der Waals surface area (Å²) in [6, 6.07) is 0. The summed E-state index contributed by atoms with van der Waals surface area (Å²) in [6.07, 6.45) is 20.1. The molecule has 2 aliphatic heterocycles. The maximum absolute atomic E-state index is 12.2. The van der Waals surface area contributed by atoms with E-state index in [-0.39, 0.29) is 24.0 Å². The highest BCUT2D eigenvalue weighted by molar-refractivity contribution is 5.91. The SMILES string of the molecule is CCCCCCCCCCCCC(O)C1CCC(C(O)CCCCC(=O)CCCCCC(O)CC2=C(C)COC2=O)O1. The van der Waals surface area contributed by atoms with Gasteiger partial charge in [-0.3, -0.25) is 4.79 Å². The van der Waals surface area contributed by atoms with Crippen molar-refractivity contribution in [2.45, 2.75) is 192 Å². The number of rotatable bonds is 26. The van der Waals surface area contributed by atoms with Crippen molar-refractivity contribution in [2.75, 3.05) is 6.61 Å². The van der Waals surface area contributed by atoms with Gasteiger partial charge in [0, 0.05) is 24.8 Å². The number of ketones is 1. The van der Waals surface area contributed by atoms with Gasteiger partial charge in [-0.2, -0.15) is 0 Å². The molecule has 244 valence electrons. The summed E-state index contributed by atoms with van der Waals surface area (Å²) in [5, 5.41) is 31.4. The summed E-state index contributed by atoms with van der Waals surface area (Å²) in [7, 11) is 0. The van der Waals surface area contributed by atoms with Crippen LogP contribution >= 0.6 is 0 Å². The first kappa shape index (κ1) is 36.9. The summed E-state index contributed by atoms with van der Waals surface area (Å²) in [4.78, 5) is 23.9. The molecule has 0 amide bonds. The second-order valence-electron chi connectivity index (χ2n) is 13.0. The van der Waals surface area contributed by atoms with Gasteiger partial charge in [0.25, 0.3) is 0 Å². The molecule has 0 aromatic heterocycles. The molecule has 42 heavy (non-hydrogen) atoms. The van der Waals surface area contributed by atoms with Crippen molar-refractivity contribution in [3.05, 3.63) is 11.1 Å². The highest BCUT2D eigenvalue weighted by atomic mass is 16.5. The fourth-order valence-electron chi connectivity index (χ4n) is 6.27. The zero-order chi connectivity index (χ0) is 30.6. The van der Waals surface area contributed by atoms with E-state index in [0.29, 0.717) is 44.3 Å². The van der Waals surface area contributed by atoms with Crippen LogP contribution < -0.4 is 0 Å². The van der Waals surface area contributed by atoms with Gasteiger partial charge in [0.15, 0.2) is 0 Å². The lowest BCUT2D eigenvalue weighted by Crippen LogP contribution is -2.31. The largest absolute Gasteiger partial charge is 0.458 e. The first-order chi connectivity index (χ1) is 20.3. The lowest BCUT2D eigenvalue weighted by atomic mass is 9.99. The van der Waals surface area contributed by atoms with Gasteiger partial charge in [0.2, 0.25) is 0 Å². The van der Waals surface area contributed by atoms with Crippen LogP contribution in [0.3, 0.4) is 0 Å². The summed E-state index contributed by atoms with van der Waals surface area (Å²) < 4.78 is 11.0. The Morgan fingerprint density at radius 2 is 1.21 bits per heavy atom. The number of ether oxygens (including phenoxy) is 2. The van der Waals surface area contributed by atoms with Gasteiger partial charge in [-0.1, -0.05) is 90.4 Å². The van der Waals surface area contributed by atoms with Crippen molar-refractivity contribution in [2.24, 2.45) is 0 Å². The van der Waals surface area contributed by atoms with Gasteiger partial charge >= 0.3 is 5.97 Å². The molecule has 0 aliphatic carbocycles. The molecule has 3 N–H and O–H groups in total. The first-order valence-corrected chi connectivity index (χ1v) is 17.4. The van der Waals surface area contributed by atoms with Gasteiger partial charge in [-0.25, -0.2) is 4.79 Å². The van der Waals surface area contributed by atoms with Crippen LogP contribution in [0.2, 0.25) is 0 Å². The van der Waals surface area contributed by atoms with Crippen molar-refractivity contribution in [1.29, 1.82) is 0 Å². The number of Topliss-reactive ketones (excluding diaryl/α,β-unsaturated/α-hetero) is 1. The topological polar surface area (TPSA) is 113 Å². The van der Waals surface area contributed by atoms with E-state index in [9.17, 15) is 24.9 Å². The van der Waals surface area contributed by atoms with Gasteiger partial charge in [0.1, 0.15) is 12.4 Å². The van der Waals surface area contributed by atoms with Crippen LogP contribution in [0.4, 0.5) is 0 Å². The van der Waals surface area contributed by atoms with Crippen LogP contribution in [0, 0.1) is 0 Å². The zero-order valence-corrected chi connectivity index (χ0v) is 26.8. The minimum Gasteiger partial charge on any atom is -0.458 e. The molecule has 5 unspecified atom stereocenters. The lowest BCUT2D eigenvalue weighted by molar-refractivity contribution is -0.136. The fraction of sp³-hybridized carbons (Fsp3) is 0.886. The van der Waals surface area contributed by atoms with Crippen LogP contribution in [-0.2, 0) is 19.1 Å². The van der Waals surface area contributed by atoms with Crippen molar-refractivity contribution in [3.63, 3.8) is 0 Å². The van der Waals surface area contributed by atoms with Crippen molar-refractivity contribution in [1.82, 2.24) is 0 Å². The van der Waals surface area contributed by atoms with E-state index in [1.165, 1.54) is 57.8 Å². The second-order valence-corrected chi connectivity index (χ2v) is 13.0. The zero-order valence-electron chi connectivity index (χ0n) is 26.8. The average Bonchev–Trinajstić information content (AvgIpc) is 3.59. The summed E-state index contributed by atoms with van der Waals surface area (Å²) in [6.45, 7) is 4.45. The number of aliphatic hydroxyl groups excluding tert-OH is 3. The Balaban J connectivity index is 1.42. The van der Waals surface area contributed by atoms with Crippen molar-refractivity contribution < 1.29 is 34.4 Å². The summed E-state index contributed by atoms with van der Waals surface area (Å²) in [5.41, 5.74) is 1.52. The number of esters is 1. The molecule has 2 heterocycles. The third-order valence-electron chi connectivity index (χ3n) is 9.12. The molecule has 0 radical (unpaired) electrons. The molecule has 5 atom stereocenters. The van der Waals surface area contributed by atoms with Crippen LogP contribution in [-0.4, -0.2) is 64.2 Å². The standard InChI is InChI=1S/C35H62O7/c1-3-4-5-6-7-8-9-10-11-15-21-31(38)33-23-24-34(42-33)32(39)22-17-16-19-28(36)18-13-12-14-20-29(37)25-30-27(2)26-41-35(30)40/h29,31-34,37-39H,3-26H2,1-2H3. The first-order valence-electron chi connectivity index (χ1n) is 17.4. The fourth-order valence-corrected chi connectivity index (χ4v) is 6.27. The van der Waals surface area contributed by atoms with E-state index in [2.05, 4.69) is 6.92 Å². The number of carbonyl (C=O) groups is 2. The number of cyclic esters (lactones) is 1. The Morgan fingerprint density at radius 1 is 0.738 bits per heavy atom. The number of hydrogen-bond acceptors (Lipinski definition) is 7. The van der Waals surface area contributed by atoms with Crippen molar-refractivity contribution in [3.8, 4) is 0 Å². The molecule has 2 rings (SSSR count). The predicted molar refractivity (Wildman–Crippen MR) is 167 cm³/mol. The highest BCUT2D eigenvalue weighted by Crippen LogP contribution is 2.28. The summed E-state index contributed by atoms with van der Waals surface area (Å²) >= 11 is 0. The Bertz CT molecular complexity index is 779. The van der Waals surface area contributed by atoms with Crippen LogP contribution in [0.5, 0.6) is 0 Å². The van der Waals surface area contributed by atoms with Gasteiger partial charge < -0.3 is 24.8 Å². The number of unbranched alkanes of at least 4 members (excludes halogenated alkanes) is 12. The van der Waals surface area contributed by atoms with E-state index in [4.69, 9.17) is 9.47 Å². The minimum absolute atomic E-state index is 0.161. The van der Waals surface area contributed by atoms with Crippen LogP contribution in [0.1, 0.15) is 162 Å². The Morgan fingerprint density at radius 3 is 1.76 bits per heavy atom. The number of aliphatic hydroxyl groups is 3. The molecule has 0 bridgehead atoms. The predicted octanol–water partition coefficient (Wildman–Crippen LogP) is 7.27. The molecule has 0 saturated carbocycles. The molecule has 1 fully saturated rings. The molecule has 1 saturated heterocycles. The Kier molecular flexibility index (Phi) is 19.6. The van der Waals surface area contributed by atoms with E-state index < -0.39 is 18.3 Å². The third kappa shape index (κ3) is 15.4. The number of carbonyl (C=O) groups excluding carboxylic acids is 2. The van der Waals surface area contributed by atoms with Gasteiger partial charge in [-0.15, -0.1) is 0 Å². The maximum atomic E-state index is 12.2. The monoisotopic (exact) mass is 594 g/mol. The van der Waals surface area contributed by atoms with E-state index >= 15 is 0 Å². The quantitative estimate of drug-likeness (QED) is 0.0713. The van der Waals surface area contributed by atoms with Crippen LogP contribution in [0.15, 0.2) is 11.1 Å². The second kappa shape index (κ2) is 22.3. The molecule has 0 aromatic rings. The number of hydrogen-bond donors (Lipinski definition) is 3. The average molecular weight is 595 g/mol. The third-order valence-corrected chi connectivity index (χ3v) is 9.12. The molecule has 7 nitrogen and oxygen atoms in total. The molecule has 7 heteroatoms. The molecule has 2 aliphatic rings. The molecular formula is C35H62O7. The molecule has 0 aromatic carbocycles. The molecular weight excluding hydrogens is 532 g/mol.